The molecule has 30 heavy (non-hydrogen) atoms. The molecule has 156 valence electrons. The second kappa shape index (κ2) is 7.56. The highest BCUT2D eigenvalue weighted by atomic mass is 32.2. The summed E-state index contributed by atoms with van der Waals surface area (Å²) in [6.45, 7) is 0.573. The Morgan fingerprint density at radius 1 is 1.07 bits per heavy atom. The first-order chi connectivity index (χ1) is 14.5. The van der Waals surface area contributed by atoms with Gasteiger partial charge in [-0.15, -0.1) is 0 Å². The van der Waals surface area contributed by atoms with E-state index in [2.05, 4.69) is 34.3 Å². The zero-order chi connectivity index (χ0) is 20.7. The van der Waals surface area contributed by atoms with E-state index < -0.39 is 10.2 Å². The summed E-state index contributed by atoms with van der Waals surface area (Å²) < 4.78 is 29.2. The molecule has 0 bridgehead atoms. The largest absolute Gasteiger partial charge is 0.363 e. The molecule has 0 saturated heterocycles. The van der Waals surface area contributed by atoms with E-state index in [0.29, 0.717) is 18.2 Å². The number of pyridine rings is 1. The first kappa shape index (κ1) is 19.3. The van der Waals surface area contributed by atoms with Gasteiger partial charge >= 0.3 is 10.2 Å². The summed E-state index contributed by atoms with van der Waals surface area (Å²) in [6.07, 6.45) is 4.38. The number of hydrogen-bond donors (Lipinski definition) is 2. The Labute approximate surface area is 177 Å². The number of nitrogens with one attached hydrogen (secondary N) is 2. The maximum absolute atomic E-state index is 12.5. The minimum atomic E-state index is -3.54. The van der Waals surface area contributed by atoms with E-state index in [0.717, 1.165) is 42.4 Å². The molecule has 0 spiro atoms. The SMILES string of the molecule is CN(CC1CC1)S(=O)(=O)Nc1ccc2nc(N[C@@H]3CCc4ccccc43)ccc2c1. The minimum absolute atomic E-state index is 0.277. The summed E-state index contributed by atoms with van der Waals surface area (Å²) in [6, 6.07) is 18.2. The van der Waals surface area contributed by atoms with Gasteiger partial charge in [-0.05, 0) is 73.1 Å². The number of anilines is 2. The number of aryl methyl sites for hydroxylation is 1. The molecule has 2 N–H and O–H groups in total. The van der Waals surface area contributed by atoms with Gasteiger partial charge in [-0.3, -0.25) is 4.72 Å². The molecule has 1 aromatic heterocycles. The topological polar surface area (TPSA) is 74.3 Å². The van der Waals surface area contributed by atoms with Gasteiger partial charge in [-0.25, -0.2) is 4.98 Å². The van der Waals surface area contributed by atoms with E-state index >= 15 is 0 Å². The first-order valence-electron chi connectivity index (χ1n) is 10.5. The zero-order valence-electron chi connectivity index (χ0n) is 17.0. The fourth-order valence-electron chi connectivity index (χ4n) is 4.14. The lowest BCUT2D eigenvalue weighted by Gasteiger charge is -2.18. The van der Waals surface area contributed by atoms with E-state index in [1.807, 2.05) is 24.3 Å². The summed E-state index contributed by atoms with van der Waals surface area (Å²) in [5, 5.41) is 4.45. The Morgan fingerprint density at radius 3 is 2.73 bits per heavy atom. The lowest BCUT2D eigenvalue weighted by Crippen LogP contribution is -2.34. The molecule has 1 atom stereocenters. The first-order valence-corrected chi connectivity index (χ1v) is 11.9. The van der Waals surface area contributed by atoms with Crippen molar-refractivity contribution in [3.05, 3.63) is 65.7 Å². The normalized spacial score (nSPS) is 18.5. The van der Waals surface area contributed by atoms with Crippen LogP contribution in [0.5, 0.6) is 0 Å². The molecule has 2 aliphatic carbocycles. The highest BCUT2D eigenvalue weighted by Gasteiger charge is 2.28. The molecule has 0 unspecified atom stereocenters. The third kappa shape index (κ3) is 4.00. The van der Waals surface area contributed by atoms with Gasteiger partial charge < -0.3 is 5.32 Å². The van der Waals surface area contributed by atoms with Gasteiger partial charge in [0.05, 0.1) is 17.2 Å². The maximum atomic E-state index is 12.5. The zero-order valence-corrected chi connectivity index (χ0v) is 17.8. The molecule has 0 amide bonds. The smallest absolute Gasteiger partial charge is 0.301 e. The number of aromatic nitrogens is 1. The molecule has 2 aliphatic rings. The van der Waals surface area contributed by atoms with Crippen LogP contribution in [0.15, 0.2) is 54.6 Å². The van der Waals surface area contributed by atoms with Crippen molar-refractivity contribution >= 4 is 32.6 Å². The van der Waals surface area contributed by atoms with Crippen molar-refractivity contribution in [1.82, 2.24) is 9.29 Å². The van der Waals surface area contributed by atoms with Crippen LogP contribution < -0.4 is 10.0 Å². The Hall–Kier alpha value is -2.64. The van der Waals surface area contributed by atoms with Crippen LogP contribution in [0.25, 0.3) is 10.9 Å². The van der Waals surface area contributed by atoms with E-state index in [1.165, 1.54) is 15.4 Å². The van der Waals surface area contributed by atoms with E-state index in [4.69, 9.17) is 4.98 Å². The minimum Gasteiger partial charge on any atom is -0.363 e. The molecule has 1 heterocycles. The van der Waals surface area contributed by atoms with Crippen LogP contribution in [-0.2, 0) is 16.6 Å². The Kier molecular flexibility index (Phi) is 4.87. The van der Waals surface area contributed by atoms with Gasteiger partial charge in [0, 0.05) is 19.0 Å². The van der Waals surface area contributed by atoms with Crippen molar-refractivity contribution in [1.29, 1.82) is 0 Å². The van der Waals surface area contributed by atoms with Gasteiger partial charge in [-0.2, -0.15) is 12.7 Å². The second-order valence-electron chi connectivity index (χ2n) is 8.37. The molecule has 6 nitrogen and oxygen atoms in total. The molecule has 3 aromatic rings. The van der Waals surface area contributed by atoms with Crippen LogP contribution >= 0.6 is 0 Å². The van der Waals surface area contributed by atoms with Crippen LogP contribution in [0, 0.1) is 5.92 Å². The Morgan fingerprint density at radius 2 is 1.90 bits per heavy atom. The maximum Gasteiger partial charge on any atom is 0.301 e. The van der Waals surface area contributed by atoms with Crippen molar-refractivity contribution in [2.24, 2.45) is 5.92 Å². The third-order valence-corrected chi connectivity index (χ3v) is 7.48. The van der Waals surface area contributed by atoms with Crippen LogP contribution in [-0.4, -0.2) is 31.3 Å². The summed E-state index contributed by atoms with van der Waals surface area (Å²) in [7, 11) is -1.91. The van der Waals surface area contributed by atoms with E-state index in [-0.39, 0.29) is 6.04 Å². The number of fused-ring (bicyclic) bond motifs is 2. The molecule has 2 aromatic carbocycles. The molecular weight excluding hydrogens is 396 g/mol. The van der Waals surface area contributed by atoms with Crippen molar-refractivity contribution in [2.75, 3.05) is 23.6 Å². The molecule has 7 heteroatoms. The van der Waals surface area contributed by atoms with Gasteiger partial charge in [0.15, 0.2) is 0 Å². The highest BCUT2D eigenvalue weighted by Crippen LogP contribution is 2.34. The standard InChI is InChI=1S/C23H26N4O2S/c1-27(15-16-6-7-16)30(28,29)26-19-10-12-21-18(14-19)9-13-23(24-21)25-22-11-8-17-4-2-3-5-20(17)22/h2-5,9-10,12-14,16,22,26H,6-8,11,15H2,1H3,(H,24,25)/t22-/m1/s1. The summed E-state index contributed by atoms with van der Waals surface area (Å²) >= 11 is 0. The van der Waals surface area contributed by atoms with Crippen molar-refractivity contribution in [3.63, 3.8) is 0 Å². The second-order valence-corrected chi connectivity index (χ2v) is 10.1. The lowest BCUT2D eigenvalue weighted by molar-refractivity contribution is 0.457. The van der Waals surface area contributed by atoms with E-state index in [1.54, 1.807) is 13.1 Å². The van der Waals surface area contributed by atoms with Crippen LogP contribution in [0.2, 0.25) is 0 Å². The number of nitrogens with zero attached hydrogens (tertiary/aromatic N) is 2. The summed E-state index contributed by atoms with van der Waals surface area (Å²) in [5.74, 6) is 1.34. The fourth-order valence-corrected chi connectivity index (χ4v) is 5.13. The van der Waals surface area contributed by atoms with Crippen molar-refractivity contribution < 1.29 is 8.42 Å². The van der Waals surface area contributed by atoms with Crippen LogP contribution in [0.1, 0.15) is 36.4 Å². The highest BCUT2D eigenvalue weighted by molar-refractivity contribution is 7.90. The van der Waals surface area contributed by atoms with Crippen LogP contribution in [0.4, 0.5) is 11.5 Å². The predicted molar refractivity (Wildman–Crippen MR) is 121 cm³/mol. The van der Waals surface area contributed by atoms with Crippen molar-refractivity contribution in [2.45, 2.75) is 31.7 Å². The van der Waals surface area contributed by atoms with Gasteiger partial charge in [0.1, 0.15) is 5.82 Å². The Bertz CT molecular complexity index is 1190. The number of rotatable bonds is 7. The van der Waals surface area contributed by atoms with Gasteiger partial charge in [-0.1, -0.05) is 24.3 Å². The third-order valence-electron chi connectivity index (χ3n) is 6.01. The fraction of sp³-hybridized carbons (Fsp3) is 0.348. The monoisotopic (exact) mass is 422 g/mol. The quantitative estimate of drug-likeness (QED) is 0.594. The average Bonchev–Trinajstić information content (AvgIpc) is 3.46. The average molecular weight is 423 g/mol. The molecule has 1 fully saturated rings. The summed E-state index contributed by atoms with van der Waals surface area (Å²) in [4.78, 5) is 4.73. The lowest BCUT2D eigenvalue weighted by atomic mass is 10.1. The number of benzene rings is 2. The molecule has 0 radical (unpaired) electrons. The molecule has 1 saturated carbocycles. The van der Waals surface area contributed by atoms with E-state index in [9.17, 15) is 8.42 Å². The van der Waals surface area contributed by atoms with Gasteiger partial charge in [0.25, 0.3) is 0 Å². The Balaban J connectivity index is 1.32. The molecule has 0 aliphatic heterocycles. The van der Waals surface area contributed by atoms with Crippen LogP contribution in [0.3, 0.4) is 0 Å². The molecular formula is C23H26N4O2S. The van der Waals surface area contributed by atoms with Crippen molar-refractivity contribution in [3.8, 4) is 0 Å². The number of hydrogen-bond acceptors (Lipinski definition) is 4. The molecule has 5 rings (SSSR count). The van der Waals surface area contributed by atoms with Gasteiger partial charge in [0.2, 0.25) is 0 Å². The summed E-state index contributed by atoms with van der Waals surface area (Å²) in [5.41, 5.74) is 4.14. The predicted octanol–water partition coefficient (Wildman–Crippen LogP) is 4.33.